The molecule has 4 aromatic heterocycles. The van der Waals surface area contributed by atoms with Gasteiger partial charge in [-0.1, -0.05) is 24.3 Å². The molecule has 36 heavy (non-hydrogen) atoms. The molecule has 1 aliphatic rings. The number of carbonyl (C=O) groups is 1. The number of thiophene rings is 1. The van der Waals surface area contributed by atoms with E-state index >= 15 is 0 Å². The van der Waals surface area contributed by atoms with Crippen LogP contribution in [-0.4, -0.2) is 66.3 Å². The third-order valence-corrected chi connectivity index (χ3v) is 7.78. The predicted octanol–water partition coefficient (Wildman–Crippen LogP) is 4.22. The lowest BCUT2D eigenvalue weighted by molar-refractivity contribution is 0.0629. The molecule has 5 aromatic rings. The highest BCUT2D eigenvalue weighted by Crippen LogP contribution is 2.26. The Labute approximate surface area is 213 Å². The Hall–Kier alpha value is -3.82. The number of piperazine rings is 1. The average Bonchev–Trinajstić information content (AvgIpc) is 3.66. The van der Waals surface area contributed by atoms with Crippen molar-refractivity contribution >= 4 is 22.9 Å². The second kappa shape index (κ2) is 9.33. The van der Waals surface area contributed by atoms with Crippen molar-refractivity contribution in [2.75, 3.05) is 26.2 Å². The molecule has 0 atom stereocenters. The largest absolute Gasteiger partial charge is 0.336 e. The van der Waals surface area contributed by atoms with Gasteiger partial charge in [-0.3, -0.25) is 9.69 Å². The molecule has 1 saturated heterocycles. The molecule has 1 amide bonds. The average molecular weight is 498 g/mol. The summed E-state index contributed by atoms with van der Waals surface area (Å²) in [5.74, 6) is -0.00950. The number of fused-ring (bicyclic) bond motifs is 1. The number of aryl methyl sites for hydroxylation is 1. The summed E-state index contributed by atoms with van der Waals surface area (Å²) in [6.45, 7) is 8.00. The quantitative estimate of drug-likeness (QED) is 0.364. The van der Waals surface area contributed by atoms with E-state index in [1.54, 1.807) is 28.2 Å². The molecule has 0 radical (unpaired) electrons. The van der Waals surface area contributed by atoms with Crippen LogP contribution in [0.3, 0.4) is 0 Å². The monoisotopic (exact) mass is 497 g/mol. The maximum absolute atomic E-state index is 13.4. The SMILES string of the molecule is Cc1nn(-c2ccccc2)c(C)c1CN1CCN(C(=O)c2cnn3c(-c4cccs4)ccnc23)CC1. The van der Waals surface area contributed by atoms with Gasteiger partial charge in [0.1, 0.15) is 5.56 Å². The van der Waals surface area contributed by atoms with E-state index in [2.05, 4.69) is 47.0 Å². The van der Waals surface area contributed by atoms with Crippen LogP contribution in [0.4, 0.5) is 0 Å². The van der Waals surface area contributed by atoms with Gasteiger partial charge in [0.2, 0.25) is 0 Å². The summed E-state index contributed by atoms with van der Waals surface area (Å²) >= 11 is 1.64. The normalized spacial score (nSPS) is 14.6. The minimum Gasteiger partial charge on any atom is -0.336 e. The Bertz CT molecular complexity index is 1510. The van der Waals surface area contributed by atoms with E-state index in [1.807, 2.05) is 45.3 Å². The van der Waals surface area contributed by atoms with Gasteiger partial charge in [-0.15, -0.1) is 11.3 Å². The molecule has 0 saturated carbocycles. The van der Waals surface area contributed by atoms with E-state index in [-0.39, 0.29) is 5.91 Å². The fourth-order valence-electron chi connectivity index (χ4n) is 4.88. The topological polar surface area (TPSA) is 71.6 Å². The van der Waals surface area contributed by atoms with Gasteiger partial charge < -0.3 is 4.90 Å². The number of hydrogen-bond donors (Lipinski definition) is 0. The lowest BCUT2D eigenvalue weighted by Crippen LogP contribution is -2.48. The van der Waals surface area contributed by atoms with E-state index in [0.29, 0.717) is 24.3 Å². The van der Waals surface area contributed by atoms with Crippen LogP contribution in [0, 0.1) is 13.8 Å². The molecule has 1 aliphatic heterocycles. The number of hydrogen-bond acceptors (Lipinski definition) is 6. The zero-order valence-corrected chi connectivity index (χ0v) is 21.1. The first-order valence-corrected chi connectivity index (χ1v) is 13.0. The number of rotatable bonds is 5. The maximum Gasteiger partial charge on any atom is 0.259 e. The molecule has 0 aliphatic carbocycles. The van der Waals surface area contributed by atoms with Crippen molar-refractivity contribution in [3.8, 4) is 16.3 Å². The predicted molar refractivity (Wildman–Crippen MR) is 141 cm³/mol. The van der Waals surface area contributed by atoms with Crippen molar-refractivity contribution in [3.05, 3.63) is 88.8 Å². The number of aromatic nitrogens is 5. The molecule has 6 rings (SSSR count). The summed E-state index contributed by atoms with van der Waals surface area (Å²) in [5.41, 5.74) is 6.65. The van der Waals surface area contributed by atoms with Gasteiger partial charge >= 0.3 is 0 Å². The molecule has 9 heteroatoms. The van der Waals surface area contributed by atoms with Crippen LogP contribution in [-0.2, 0) is 6.54 Å². The smallest absolute Gasteiger partial charge is 0.259 e. The second-order valence-electron chi connectivity index (χ2n) is 9.07. The fraction of sp³-hybridized carbons (Fsp3) is 0.259. The Morgan fingerprint density at radius 1 is 1.00 bits per heavy atom. The van der Waals surface area contributed by atoms with Crippen LogP contribution in [0.25, 0.3) is 21.9 Å². The Balaban J connectivity index is 1.15. The lowest BCUT2D eigenvalue weighted by Gasteiger charge is -2.34. The van der Waals surface area contributed by atoms with Crippen LogP contribution in [0.5, 0.6) is 0 Å². The van der Waals surface area contributed by atoms with Crippen molar-refractivity contribution in [2.24, 2.45) is 0 Å². The zero-order valence-electron chi connectivity index (χ0n) is 20.3. The molecule has 1 aromatic carbocycles. The molecule has 1 fully saturated rings. The van der Waals surface area contributed by atoms with Crippen LogP contribution in [0.2, 0.25) is 0 Å². The molecule has 0 spiro atoms. The van der Waals surface area contributed by atoms with Crippen molar-refractivity contribution in [2.45, 2.75) is 20.4 Å². The van der Waals surface area contributed by atoms with Gasteiger partial charge in [0.25, 0.3) is 5.91 Å². The van der Waals surface area contributed by atoms with Crippen molar-refractivity contribution in [1.82, 2.24) is 34.2 Å². The summed E-state index contributed by atoms with van der Waals surface area (Å²) in [6.07, 6.45) is 3.40. The minimum absolute atomic E-state index is 0.00950. The third kappa shape index (κ3) is 4.00. The van der Waals surface area contributed by atoms with Crippen molar-refractivity contribution in [3.63, 3.8) is 0 Å². The van der Waals surface area contributed by atoms with E-state index in [9.17, 15) is 4.79 Å². The number of nitrogens with zero attached hydrogens (tertiary/aromatic N) is 7. The Morgan fingerprint density at radius 3 is 2.56 bits per heavy atom. The van der Waals surface area contributed by atoms with Crippen molar-refractivity contribution in [1.29, 1.82) is 0 Å². The second-order valence-corrected chi connectivity index (χ2v) is 10.0. The number of para-hydroxylation sites is 1. The Morgan fingerprint density at radius 2 is 1.81 bits per heavy atom. The first-order valence-electron chi connectivity index (χ1n) is 12.1. The van der Waals surface area contributed by atoms with Crippen LogP contribution < -0.4 is 0 Å². The summed E-state index contributed by atoms with van der Waals surface area (Å²) in [4.78, 5) is 23.3. The number of amides is 1. The number of carbonyl (C=O) groups excluding carboxylic acids is 1. The van der Waals surface area contributed by atoms with Gasteiger partial charge in [0, 0.05) is 50.2 Å². The summed E-state index contributed by atoms with van der Waals surface area (Å²) in [7, 11) is 0. The van der Waals surface area contributed by atoms with Crippen LogP contribution in [0.1, 0.15) is 27.3 Å². The summed E-state index contributed by atoms with van der Waals surface area (Å²) in [5, 5.41) is 11.3. The third-order valence-electron chi connectivity index (χ3n) is 6.89. The van der Waals surface area contributed by atoms with Crippen LogP contribution in [0.15, 0.2) is 66.3 Å². The summed E-state index contributed by atoms with van der Waals surface area (Å²) < 4.78 is 3.79. The summed E-state index contributed by atoms with van der Waals surface area (Å²) in [6, 6.07) is 16.2. The lowest BCUT2D eigenvalue weighted by atomic mass is 10.1. The molecule has 0 N–H and O–H groups in total. The molecule has 5 heterocycles. The molecular formula is C27H27N7OS. The minimum atomic E-state index is -0.00950. The molecule has 0 bridgehead atoms. The van der Waals surface area contributed by atoms with Gasteiger partial charge in [0.05, 0.1) is 28.1 Å². The standard InChI is InChI=1S/C27H27N7OS/c1-19-23(20(2)33(30-19)21-7-4-3-5-8-21)18-31-12-14-32(15-13-31)27(35)22-17-29-34-24(10-11-28-26(22)34)25-9-6-16-36-25/h3-11,16-17H,12-15,18H2,1-2H3. The first kappa shape index (κ1) is 22.6. The van der Waals surface area contributed by atoms with Gasteiger partial charge in [0.15, 0.2) is 5.65 Å². The fourth-order valence-corrected chi connectivity index (χ4v) is 5.62. The van der Waals surface area contributed by atoms with Crippen LogP contribution >= 0.6 is 11.3 Å². The van der Waals surface area contributed by atoms with Gasteiger partial charge in [-0.2, -0.15) is 10.2 Å². The van der Waals surface area contributed by atoms with Crippen molar-refractivity contribution < 1.29 is 4.79 Å². The highest BCUT2D eigenvalue weighted by Gasteiger charge is 2.26. The van der Waals surface area contributed by atoms with E-state index in [4.69, 9.17) is 5.10 Å². The molecular weight excluding hydrogens is 470 g/mol. The highest BCUT2D eigenvalue weighted by atomic mass is 32.1. The molecule has 8 nitrogen and oxygen atoms in total. The number of benzene rings is 1. The highest BCUT2D eigenvalue weighted by molar-refractivity contribution is 7.13. The van der Waals surface area contributed by atoms with Gasteiger partial charge in [-0.05, 0) is 43.5 Å². The van der Waals surface area contributed by atoms with E-state index in [0.717, 1.165) is 47.3 Å². The molecule has 0 unspecified atom stereocenters. The zero-order chi connectivity index (χ0) is 24.6. The van der Waals surface area contributed by atoms with E-state index < -0.39 is 0 Å². The molecule has 182 valence electrons. The van der Waals surface area contributed by atoms with E-state index in [1.165, 1.54) is 5.56 Å². The first-order chi connectivity index (χ1) is 17.6. The maximum atomic E-state index is 13.4. The van der Waals surface area contributed by atoms with Gasteiger partial charge in [-0.25, -0.2) is 14.2 Å². The Kier molecular flexibility index (Phi) is 5.86.